The van der Waals surface area contributed by atoms with Crippen molar-refractivity contribution in [1.82, 2.24) is 5.32 Å². The van der Waals surface area contributed by atoms with Gasteiger partial charge in [0.25, 0.3) is 16.0 Å². The summed E-state index contributed by atoms with van der Waals surface area (Å²) in [4.78, 5) is 13.4. The Morgan fingerprint density at radius 1 is 0.915 bits per heavy atom. The molecule has 0 unspecified atom stereocenters. The molecule has 3 aromatic rings. The summed E-state index contributed by atoms with van der Waals surface area (Å²) in [5.41, 5.74) is -0.150. The van der Waals surface area contributed by atoms with Gasteiger partial charge in [0.1, 0.15) is 11.9 Å². The van der Waals surface area contributed by atoms with Crippen LogP contribution in [0.5, 0.6) is 5.75 Å². The summed E-state index contributed by atoms with van der Waals surface area (Å²) in [5.74, 6) is -0.235. The van der Waals surface area contributed by atoms with Crippen LogP contribution < -0.4 is 10.1 Å². The summed E-state index contributed by atoms with van der Waals surface area (Å²) in [5, 5.41) is 12.2. The lowest BCUT2D eigenvalue weighted by atomic mass is 9.49. The SMILES string of the molecule is Cc1ccc(S(=O)(=O)OCCCCCCc2ccc(C(=O)N[C@H]3C(C)(C)[C@H](Oc4ccc(C#N)c(C(F)(F)F)c4)C3(C)C)cc2)cc1. The van der Waals surface area contributed by atoms with Gasteiger partial charge in [0.2, 0.25) is 0 Å². The zero-order valence-electron chi connectivity index (χ0n) is 27.3. The number of ether oxygens (including phenoxy) is 1. The second-order valence-electron chi connectivity index (χ2n) is 13.3. The average molecular weight is 671 g/mol. The van der Waals surface area contributed by atoms with Crippen molar-refractivity contribution in [3.8, 4) is 11.8 Å². The van der Waals surface area contributed by atoms with E-state index < -0.39 is 44.4 Å². The van der Waals surface area contributed by atoms with Crippen LogP contribution in [0.2, 0.25) is 0 Å². The van der Waals surface area contributed by atoms with Crippen LogP contribution in [0.15, 0.2) is 71.6 Å². The van der Waals surface area contributed by atoms with Gasteiger partial charge in [-0.25, -0.2) is 0 Å². The zero-order chi connectivity index (χ0) is 34.6. The molecule has 0 radical (unpaired) electrons. The average Bonchev–Trinajstić information content (AvgIpc) is 3.01. The second kappa shape index (κ2) is 14.1. The number of aryl methyl sites for hydroxylation is 2. The number of unbranched alkanes of at least 4 members (excludes halogenated alkanes) is 3. The summed E-state index contributed by atoms with van der Waals surface area (Å²) < 4.78 is 76.2. The highest BCUT2D eigenvalue weighted by atomic mass is 32.2. The van der Waals surface area contributed by atoms with Crippen molar-refractivity contribution in [2.75, 3.05) is 6.61 Å². The van der Waals surface area contributed by atoms with Crippen LogP contribution in [-0.2, 0) is 26.9 Å². The second-order valence-corrected chi connectivity index (χ2v) is 14.9. The topological polar surface area (TPSA) is 105 Å². The lowest BCUT2D eigenvalue weighted by Crippen LogP contribution is -2.74. The monoisotopic (exact) mass is 670 g/mol. The lowest BCUT2D eigenvalue weighted by molar-refractivity contribution is -0.164. The number of halogens is 3. The minimum atomic E-state index is -4.69. The predicted molar refractivity (Wildman–Crippen MR) is 172 cm³/mol. The number of nitrogens with one attached hydrogen (secondary N) is 1. The van der Waals surface area contributed by atoms with E-state index in [1.807, 2.05) is 46.8 Å². The van der Waals surface area contributed by atoms with Gasteiger partial charge in [0, 0.05) is 22.4 Å². The van der Waals surface area contributed by atoms with Gasteiger partial charge in [-0.3, -0.25) is 8.98 Å². The molecule has 1 fully saturated rings. The standard InChI is InChI=1S/C36H41F3N2O5S/c1-24-11-19-29(20-12-24)47(43,44)45-21-9-7-6-8-10-25-13-15-26(16-14-25)31(42)41-32-34(2,3)33(35(32,4)5)46-28-18-17-27(23-40)30(22-28)36(37,38)39/h11-20,22,32-33H,6-10,21H2,1-5H3,(H,41,42)/t32-,33-. The van der Waals surface area contributed by atoms with Gasteiger partial charge in [-0.15, -0.1) is 0 Å². The molecule has 1 N–H and O–H groups in total. The van der Waals surface area contributed by atoms with Crippen molar-refractivity contribution in [2.45, 2.75) is 89.9 Å². The van der Waals surface area contributed by atoms with Crippen molar-refractivity contribution in [1.29, 1.82) is 5.26 Å². The van der Waals surface area contributed by atoms with Gasteiger partial charge in [-0.2, -0.15) is 26.9 Å². The van der Waals surface area contributed by atoms with Crippen LogP contribution >= 0.6 is 0 Å². The Labute approximate surface area is 275 Å². The third kappa shape index (κ3) is 8.35. The van der Waals surface area contributed by atoms with Crippen LogP contribution in [0.4, 0.5) is 13.2 Å². The largest absolute Gasteiger partial charge is 0.489 e. The zero-order valence-corrected chi connectivity index (χ0v) is 28.1. The van der Waals surface area contributed by atoms with Gasteiger partial charge in [-0.05, 0) is 74.2 Å². The highest BCUT2D eigenvalue weighted by Gasteiger charge is 2.64. The predicted octanol–water partition coefficient (Wildman–Crippen LogP) is 8.01. The van der Waals surface area contributed by atoms with Gasteiger partial charge in [0.05, 0.1) is 28.7 Å². The number of nitriles is 1. The van der Waals surface area contributed by atoms with Gasteiger partial charge in [0.15, 0.2) is 0 Å². The molecule has 0 saturated heterocycles. The first kappa shape index (κ1) is 36.0. The van der Waals surface area contributed by atoms with E-state index in [-0.39, 0.29) is 29.2 Å². The normalized spacial score (nSPS) is 18.5. The molecule has 1 amide bonds. The van der Waals surface area contributed by atoms with Gasteiger partial charge < -0.3 is 10.1 Å². The Kier molecular flexibility index (Phi) is 10.8. The Balaban J connectivity index is 1.23. The van der Waals surface area contributed by atoms with E-state index in [2.05, 4.69) is 5.32 Å². The minimum Gasteiger partial charge on any atom is -0.489 e. The van der Waals surface area contributed by atoms with Crippen LogP contribution in [0, 0.1) is 29.1 Å². The third-order valence-corrected chi connectivity index (χ3v) is 10.2. The maximum atomic E-state index is 13.5. The number of rotatable bonds is 13. The number of benzene rings is 3. The molecule has 0 aliphatic heterocycles. The molecular formula is C36H41F3N2O5S. The molecule has 3 aromatic carbocycles. The molecule has 0 aromatic heterocycles. The van der Waals surface area contributed by atoms with E-state index in [0.29, 0.717) is 12.0 Å². The molecule has 7 nitrogen and oxygen atoms in total. The molecule has 1 aliphatic rings. The molecule has 4 rings (SSSR count). The molecule has 0 atom stereocenters. The summed E-state index contributed by atoms with van der Waals surface area (Å²) in [6, 6.07) is 18.5. The van der Waals surface area contributed by atoms with Crippen molar-refractivity contribution < 1.29 is 35.3 Å². The fraction of sp³-hybridized carbons (Fsp3) is 0.444. The van der Waals surface area contributed by atoms with Crippen LogP contribution in [0.25, 0.3) is 0 Å². The first-order valence-corrected chi connectivity index (χ1v) is 17.0. The number of amides is 1. The maximum Gasteiger partial charge on any atom is 0.417 e. The summed E-state index contributed by atoms with van der Waals surface area (Å²) in [6.45, 7) is 9.64. The van der Waals surface area contributed by atoms with Gasteiger partial charge in [-0.1, -0.05) is 70.4 Å². The highest BCUT2D eigenvalue weighted by Crippen LogP contribution is 2.55. The molecule has 1 aliphatic carbocycles. The van der Waals surface area contributed by atoms with Crippen molar-refractivity contribution in [3.63, 3.8) is 0 Å². The number of hydrogen-bond acceptors (Lipinski definition) is 6. The number of hydrogen-bond donors (Lipinski definition) is 1. The highest BCUT2D eigenvalue weighted by molar-refractivity contribution is 7.86. The fourth-order valence-corrected chi connectivity index (χ4v) is 7.57. The van der Waals surface area contributed by atoms with E-state index in [1.54, 1.807) is 42.5 Å². The lowest BCUT2D eigenvalue weighted by Gasteiger charge is -2.63. The van der Waals surface area contributed by atoms with E-state index >= 15 is 0 Å². The third-order valence-electron chi connectivity index (χ3n) is 8.91. The van der Waals surface area contributed by atoms with Crippen molar-refractivity contribution >= 4 is 16.0 Å². The quantitative estimate of drug-likeness (QED) is 0.146. The fourth-order valence-electron chi connectivity index (χ4n) is 6.63. The molecule has 47 heavy (non-hydrogen) atoms. The Bertz CT molecular complexity index is 1700. The van der Waals surface area contributed by atoms with Crippen LogP contribution in [0.3, 0.4) is 0 Å². The van der Waals surface area contributed by atoms with Crippen molar-refractivity contribution in [3.05, 3.63) is 94.5 Å². The number of alkyl halides is 3. The Morgan fingerprint density at radius 3 is 2.13 bits per heavy atom. The molecule has 252 valence electrons. The maximum absolute atomic E-state index is 13.5. The first-order chi connectivity index (χ1) is 22.0. The first-order valence-electron chi connectivity index (χ1n) is 15.6. The molecular weight excluding hydrogens is 629 g/mol. The van der Waals surface area contributed by atoms with Gasteiger partial charge >= 0.3 is 6.18 Å². The number of carbonyl (C=O) groups is 1. The molecule has 0 heterocycles. The molecule has 11 heteroatoms. The molecule has 0 spiro atoms. The summed E-state index contributed by atoms with van der Waals surface area (Å²) >= 11 is 0. The van der Waals surface area contributed by atoms with E-state index in [1.165, 1.54) is 6.07 Å². The summed E-state index contributed by atoms with van der Waals surface area (Å²) in [6.07, 6.45) is -1.09. The van der Waals surface area contributed by atoms with Crippen LogP contribution in [0.1, 0.15) is 86.0 Å². The van der Waals surface area contributed by atoms with Crippen LogP contribution in [-0.4, -0.2) is 33.1 Å². The van der Waals surface area contributed by atoms with E-state index in [0.717, 1.165) is 48.9 Å². The smallest absolute Gasteiger partial charge is 0.417 e. The van der Waals surface area contributed by atoms with Crippen molar-refractivity contribution in [2.24, 2.45) is 10.8 Å². The number of carbonyl (C=O) groups excluding carboxylic acids is 1. The van der Waals surface area contributed by atoms with E-state index in [4.69, 9.17) is 14.2 Å². The Hall–Kier alpha value is -3.88. The molecule has 1 saturated carbocycles. The molecule has 0 bridgehead atoms. The number of nitrogens with zero attached hydrogens (tertiary/aromatic N) is 1. The summed E-state index contributed by atoms with van der Waals surface area (Å²) in [7, 11) is -3.75. The Morgan fingerprint density at radius 2 is 1.53 bits per heavy atom. The van der Waals surface area contributed by atoms with E-state index in [9.17, 15) is 26.4 Å². The minimum absolute atomic E-state index is 0.0160.